The van der Waals surface area contributed by atoms with Crippen LogP contribution < -0.4 is 14.8 Å². The molecule has 3 aromatic carbocycles. The number of esters is 1. The van der Waals surface area contributed by atoms with Crippen LogP contribution in [0.25, 0.3) is 0 Å². The third-order valence-corrected chi connectivity index (χ3v) is 4.36. The smallest absolute Gasteiger partial charge is 0.338 e. The second kappa shape index (κ2) is 10.1. The highest BCUT2D eigenvalue weighted by Gasteiger charge is 2.20. The first kappa shape index (κ1) is 20.9. The van der Waals surface area contributed by atoms with Gasteiger partial charge in [0.1, 0.15) is 18.1 Å². The van der Waals surface area contributed by atoms with Crippen LogP contribution in [0.3, 0.4) is 0 Å². The number of rotatable bonds is 8. The lowest BCUT2D eigenvalue weighted by Crippen LogP contribution is -2.30. The normalized spacial score (nSPS) is 11.3. The maximum atomic E-state index is 12.4. The fraction of sp³-hybridized carbons (Fsp3) is 0.167. The molecule has 0 saturated carbocycles. The summed E-state index contributed by atoms with van der Waals surface area (Å²) in [6, 6.07) is 23.4. The third-order valence-electron chi connectivity index (χ3n) is 4.36. The van der Waals surface area contributed by atoms with Gasteiger partial charge < -0.3 is 19.5 Å². The Labute approximate surface area is 175 Å². The molecule has 1 amide bonds. The summed E-state index contributed by atoms with van der Waals surface area (Å²) in [5.74, 6) is 0.280. The van der Waals surface area contributed by atoms with E-state index in [1.165, 1.54) is 14.0 Å². The van der Waals surface area contributed by atoms with Crippen molar-refractivity contribution < 1.29 is 23.8 Å². The van der Waals surface area contributed by atoms with E-state index < -0.39 is 18.0 Å². The fourth-order valence-electron chi connectivity index (χ4n) is 2.68. The zero-order chi connectivity index (χ0) is 21.3. The van der Waals surface area contributed by atoms with Crippen molar-refractivity contribution in [2.24, 2.45) is 0 Å². The van der Waals surface area contributed by atoms with Crippen molar-refractivity contribution in [2.75, 3.05) is 12.4 Å². The Bertz CT molecular complexity index is 986. The number of nitrogens with one attached hydrogen (secondary N) is 1. The number of ether oxygens (including phenoxy) is 3. The summed E-state index contributed by atoms with van der Waals surface area (Å²) in [6.07, 6.45) is -0.969. The van der Waals surface area contributed by atoms with Crippen LogP contribution in [-0.4, -0.2) is 25.1 Å². The summed E-state index contributed by atoms with van der Waals surface area (Å²) < 4.78 is 16.2. The average molecular weight is 405 g/mol. The van der Waals surface area contributed by atoms with Crippen molar-refractivity contribution in [3.8, 4) is 11.5 Å². The number of methoxy groups -OCH3 is 1. The Hall–Kier alpha value is -3.80. The summed E-state index contributed by atoms with van der Waals surface area (Å²) in [5, 5.41) is 2.70. The molecular weight excluding hydrogens is 382 g/mol. The molecule has 1 atom stereocenters. The predicted octanol–water partition coefficient (Wildman–Crippen LogP) is 4.46. The minimum atomic E-state index is -0.969. The van der Waals surface area contributed by atoms with E-state index in [2.05, 4.69) is 5.32 Å². The quantitative estimate of drug-likeness (QED) is 0.560. The summed E-state index contributed by atoms with van der Waals surface area (Å²) in [6.45, 7) is 1.90. The number of hydrogen-bond acceptors (Lipinski definition) is 5. The number of anilines is 1. The average Bonchev–Trinajstić information content (AvgIpc) is 2.79. The van der Waals surface area contributed by atoms with Crippen molar-refractivity contribution in [1.29, 1.82) is 0 Å². The van der Waals surface area contributed by atoms with Crippen LogP contribution in [0.1, 0.15) is 22.8 Å². The molecule has 0 heterocycles. The van der Waals surface area contributed by atoms with Gasteiger partial charge in [0.15, 0.2) is 6.10 Å². The van der Waals surface area contributed by atoms with Gasteiger partial charge in [0.05, 0.1) is 18.4 Å². The van der Waals surface area contributed by atoms with E-state index >= 15 is 0 Å². The maximum Gasteiger partial charge on any atom is 0.338 e. The van der Waals surface area contributed by atoms with Crippen LogP contribution in [0.4, 0.5) is 5.69 Å². The molecule has 3 aromatic rings. The standard InChI is InChI=1S/C24H23NO5/c1-17(23(26)25-21-10-6-7-11-22(21)28-2)30-24(27)19-14-12-18(13-15-19)16-29-20-8-4-3-5-9-20/h3-15,17H,16H2,1-2H3,(H,25,26)/t17-/m1/s1. The monoisotopic (exact) mass is 405 g/mol. The van der Waals surface area contributed by atoms with Gasteiger partial charge in [0.2, 0.25) is 0 Å². The van der Waals surface area contributed by atoms with Crippen LogP contribution in [0.15, 0.2) is 78.9 Å². The van der Waals surface area contributed by atoms with Crippen LogP contribution in [0.5, 0.6) is 11.5 Å². The largest absolute Gasteiger partial charge is 0.495 e. The minimum Gasteiger partial charge on any atom is -0.495 e. The first-order valence-electron chi connectivity index (χ1n) is 9.48. The molecule has 6 nitrogen and oxygen atoms in total. The van der Waals surface area contributed by atoms with Gasteiger partial charge in [0.25, 0.3) is 5.91 Å². The van der Waals surface area contributed by atoms with E-state index in [0.717, 1.165) is 11.3 Å². The highest BCUT2D eigenvalue weighted by molar-refractivity contribution is 5.98. The van der Waals surface area contributed by atoms with Gasteiger partial charge in [-0.3, -0.25) is 4.79 Å². The van der Waals surface area contributed by atoms with Crippen LogP contribution in [0.2, 0.25) is 0 Å². The molecular formula is C24H23NO5. The molecule has 0 spiro atoms. The van der Waals surface area contributed by atoms with Crippen molar-refractivity contribution in [2.45, 2.75) is 19.6 Å². The zero-order valence-corrected chi connectivity index (χ0v) is 16.8. The first-order chi connectivity index (χ1) is 14.6. The summed E-state index contributed by atoms with van der Waals surface area (Å²) in [5.41, 5.74) is 1.78. The van der Waals surface area contributed by atoms with Crippen LogP contribution in [0, 0.1) is 0 Å². The van der Waals surface area contributed by atoms with Crippen molar-refractivity contribution in [3.63, 3.8) is 0 Å². The maximum absolute atomic E-state index is 12.4. The minimum absolute atomic E-state index is 0.357. The van der Waals surface area contributed by atoms with Crippen molar-refractivity contribution >= 4 is 17.6 Å². The van der Waals surface area contributed by atoms with Gasteiger partial charge in [0, 0.05) is 0 Å². The SMILES string of the molecule is COc1ccccc1NC(=O)[C@@H](C)OC(=O)c1ccc(COc2ccccc2)cc1. The van der Waals surface area contributed by atoms with Crippen molar-refractivity contribution in [3.05, 3.63) is 90.0 Å². The molecule has 3 rings (SSSR count). The molecule has 30 heavy (non-hydrogen) atoms. The topological polar surface area (TPSA) is 73.9 Å². The highest BCUT2D eigenvalue weighted by Crippen LogP contribution is 2.23. The number of amides is 1. The van der Waals surface area contributed by atoms with E-state index in [1.54, 1.807) is 48.5 Å². The Balaban J connectivity index is 1.53. The molecule has 0 unspecified atom stereocenters. The third kappa shape index (κ3) is 5.61. The van der Waals surface area contributed by atoms with Crippen LogP contribution >= 0.6 is 0 Å². The Kier molecular flexibility index (Phi) is 7.05. The zero-order valence-electron chi connectivity index (χ0n) is 16.8. The summed E-state index contributed by atoms with van der Waals surface area (Å²) in [4.78, 5) is 24.7. The Morgan fingerprint density at radius 3 is 2.27 bits per heavy atom. The van der Waals surface area contributed by atoms with Gasteiger partial charge in [-0.25, -0.2) is 4.79 Å². The lowest BCUT2D eigenvalue weighted by atomic mass is 10.1. The molecule has 0 fully saturated rings. The Morgan fingerprint density at radius 1 is 0.900 bits per heavy atom. The molecule has 0 aliphatic heterocycles. The van der Waals surface area contributed by atoms with Gasteiger partial charge in [-0.05, 0) is 48.9 Å². The molecule has 0 saturated heterocycles. The van der Waals surface area contributed by atoms with E-state index in [1.807, 2.05) is 30.3 Å². The molecule has 0 radical (unpaired) electrons. The highest BCUT2D eigenvalue weighted by atomic mass is 16.5. The molecule has 0 bridgehead atoms. The van der Waals surface area contributed by atoms with E-state index in [0.29, 0.717) is 23.6 Å². The lowest BCUT2D eigenvalue weighted by Gasteiger charge is -2.15. The molecule has 6 heteroatoms. The predicted molar refractivity (Wildman–Crippen MR) is 114 cm³/mol. The Morgan fingerprint density at radius 2 is 1.57 bits per heavy atom. The van der Waals surface area contributed by atoms with Gasteiger partial charge in [-0.15, -0.1) is 0 Å². The van der Waals surface area contributed by atoms with Crippen LogP contribution in [-0.2, 0) is 16.1 Å². The first-order valence-corrected chi connectivity index (χ1v) is 9.48. The number of benzene rings is 3. The number of hydrogen-bond donors (Lipinski definition) is 1. The summed E-state index contributed by atoms with van der Waals surface area (Å²) in [7, 11) is 1.52. The molecule has 0 aliphatic carbocycles. The fourth-order valence-corrected chi connectivity index (χ4v) is 2.68. The number of carbonyl (C=O) groups excluding carboxylic acids is 2. The van der Waals surface area contributed by atoms with E-state index in [-0.39, 0.29) is 0 Å². The van der Waals surface area contributed by atoms with Gasteiger partial charge in [-0.1, -0.05) is 42.5 Å². The van der Waals surface area contributed by atoms with Gasteiger partial charge >= 0.3 is 5.97 Å². The summed E-state index contributed by atoms with van der Waals surface area (Å²) >= 11 is 0. The lowest BCUT2D eigenvalue weighted by molar-refractivity contribution is -0.123. The van der Waals surface area contributed by atoms with E-state index in [9.17, 15) is 9.59 Å². The molecule has 1 N–H and O–H groups in total. The second-order valence-electron chi connectivity index (χ2n) is 6.54. The second-order valence-corrected chi connectivity index (χ2v) is 6.54. The number of para-hydroxylation sites is 3. The number of carbonyl (C=O) groups is 2. The molecule has 0 aromatic heterocycles. The molecule has 154 valence electrons. The van der Waals surface area contributed by atoms with E-state index in [4.69, 9.17) is 14.2 Å². The van der Waals surface area contributed by atoms with Gasteiger partial charge in [-0.2, -0.15) is 0 Å². The molecule has 0 aliphatic rings. The van der Waals surface area contributed by atoms with Crippen molar-refractivity contribution in [1.82, 2.24) is 0 Å².